The largest absolute Gasteiger partial charge is 0.368 e. The molecule has 0 aromatic carbocycles. The molecular formula is C4H4F2N2O. The lowest BCUT2D eigenvalue weighted by molar-refractivity contribution is 0.141. The first-order valence-corrected chi connectivity index (χ1v) is 2.20. The maximum absolute atomic E-state index is 11.6. The number of nitrogens with two attached hydrogens (primary N) is 1. The van der Waals surface area contributed by atoms with Crippen LogP contribution in [0.4, 0.5) is 14.7 Å². The Morgan fingerprint density at radius 1 is 1.67 bits per heavy atom. The molecule has 0 amide bonds. The zero-order valence-electron chi connectivity index (χ0n) is 4.34. The molecule has 5 heteroatoms. The highest BCUT2D eigenvalue weighted by Crippen LogP contribution is 2.18. The van der Waals surface area contributed by atoms with Crippen LogP contribution in [0.15, 0.2) is 10.6 Å². The fourth-order valence-corrected chi connectivity index (χ4v) is 0.407. The molecule has 0 saturated heterocycles. The molecule has 3 nitrogen and oxygen atoms in total. The Kier molecular flexibility index (Phi) is 1.33. The van der Waals surface area contributed by atoms with E-state index in [1.165, 1.54) is 0 Å². The van der Waals surface area contributed by atoms with Gasteiger partial charge in [-0.15, -0.1) is 0 Å². The molecule has 0 unspecified atom stereocenters. The topological polar surface area (TPSA) is 52.0 Å². The number of nitrogens with zero attached hydrogens (tertiary/aromatic N) is 1. The third-order valence-corrected chi connectivity index (χ3v) is 0.770. The van der Waals surface area contributed by atoms with Crippen molar-refractivity contribution >= 4 is 5.88 Å². The van der Waals surface area contributed by atoms with Gasteiger partial charge in [-0.25, -0.2) is 8.78 Å². The molecule has 0 fully saturated rings. The molecule has 50 valence electrons. The lowest BCUT2D eigenvalue weighted by Gasteiger charge is -1.84. The Bertz CT molecular complexity index is 198. The fraction of sp³-hybridized carbons (Fsp3) is 0.250. The zero-order chi connectivity index (χ0) is 6.85. The van der Waals surface area contributed by atoms with Crippen LogP contribution >= 0.6 is 0 Å². The second-order valence-electron chi connectivity index (χ2n) is 1.45. The standard InChI is InChI=1S/C4H4F2N2O/c5-4(6)2-1-3(7)9-8-2/h1,4H,7H2. The predicted molar refractivity (Wildman–Crippen MR) is 25.9 cm³/mol. The van der Waals surface area contributed by atoms with E-state index in [1.54, 1.807) is 0 Å². The minimum atomic E-state index is -2.61. The van der Waals surface area contributed by atoms with Crippen LogP contribution in [0.1, 0.15) is 12.1 Å². The van der Waals surface area contributed by atoms with E-state index in [0.29, 0.717) is 0 Å². The minimum Gasteiger partial charge on any atom is -0.368 e. The molecule has 0 radical (unpaired) electrons. The van der Waals surface area contributed by atoms with E-state index in [-0.39, 0.29) is 5.88 Å². The first-order valence-electron chi connectivity index (χ1n) is 2.20. The molecule has 9 heavy (non-hydrogen) atoms. The van der Waals surface area contributed by atoms with E-state index in [2.05, 4.69) is 9.68 Å². The van der Waals surface area contributed by atoms with Crippen LogP contribution in [0.25, 0.3) is 0 Å². The molecule has 0 spiro atoms. The molecule has 1 rings (SSSR count). The molecule has 0 aliphatic heterocycles. The molecular weight excluding hydrogens is 130 g/mol. The van der Waals surface area contributed by atoms with Gasteiger partial charge in [0.2, 0.25) is 5.88 Å². The van der Waals surface area contributed by atoms with Gasteiger partial charge >= 0.3 is 0 Å². The first kappa shape index (κ1) is 6.00. The average Bonchev–Trinajstić information content (AvgIpc) is 2.14. The van der Waals surface area contributed by atoms with Crippen molar-refractivity contribution in [3.05, 3.63) is 11.8 Å². The van der Waals surface area contributed by atoms with Crippen LogP contribution in [0, 0.1) is 0 Å². The number of halogens is 2. The van der Waals surface area contributed by atoms with Crippen LogP contribution in [-0.2, 0) is 0 Å². The maximum atomic E-state index is 11.6. The Labute approximate surface area is 49.4 Å². The van der Waals surface area contributed by atoms with Gasteiger partial charge in [0.25, 0.3) is 6.43 Å². The summed E-state index contributed by atoms with van der Waals surface area (Å²) < 4.78 is 27.4. The quantitative estimate of drug-likeness (QED) is 0.627. The summed E-state index contributed by atoms with van der Waals surface area (Å²) in [5, 5.41) is 2.97. The van der Waals surface area contributed by atoms with Crippen LogP contribution in [0.5, 0.6) is 0 Å². The van der Waals surface area contributed by atoms with Gasteiger partial charge < -0.3 is 10.3 Å². The zero-order valence-corrected chi connectivity index (χ0v) is 4.34. The van der Waals surface area contributed by atoms with E-state index < -0.39 is 12.1 Å². The number of hydrogen-bond donors (Lipinski definition) is 1. The fourth-order valence-electron chi connectivity index (χ4n) is 0.407. The number of rotatable bonds is 1. The molecule has 0 aliphatic rings. The van der Waals surface area contributed by atoms with Crippen molar-refractivity contribution in [2.24, 2.45) is 0 Å². The number of hydrogen-bond acceptors (Lipinski definition) is 3. The van der Waals surface area contributed by atoms with Crippen molar-refractivity contribution in [1.29, 1.82) is 0 Å². The van der Waals surface area contributed by atoms with Crippen molar-refractivity contribution in [2.45, 2.75) is 6.43 Å². The number of nitrogen functional groups attached to an aromatic ring is 1. The molecule has 0 atom stereocenters. The van der Waals surface area contributed by atoms with E-state index >= 15 is 0 Å². The molecule has 1 aromatic rings. The van der Waals surface area contributed by atoms with E-state index in [4.69, 9.17) is 5.73 Å². The summed E-state index contributed by atoms with van der Waals surface area (Å²) >= 11 is 0. The van der Waals surface area contributed by atoms with Gasteiger partial charge in [0.15, 0.2) is 5.69 Å². The van der Waals surface area contributed by atoms with Gasteiger partial charge in [0, 0.05) is 6.07 Å². The lowest BCUT2D eigenvalue weighted by atomic mass is 10.4. The molecule has 0 aliphatic carbocycles. The van der Waals surface area contributed by atoms with Crippen molar-refractivity contribution in [3.63, 3.8) is 0 Å². The van der Waals surface area contributed by atoms with E-state index in [1.807, 2.05) is 0 Å². The second-order valence-corrected chi connectivity index (χ2v) is 1.45. The Hall–Kier alpha value is -1.13. The van der Waals surface area contributed by atoms with E-state index in [9.17, 15) is 8.78 Å². The van der Waals surface area contributed by atoms with Gasteiger partial charge in [-0.2, -0.15) is 0 Å². The Morgan fingerprint density at radius 2 is 2.33 bits per heavy atom. The highest BCUT2D eigenvalue weighted by Gasteiger charge is 2.11. The minimum absolute atomic E-state index is 0.0923. The molecule has 0 saturated carbocycles. The van der Waals surface area contributed by atoms with Gasteiger partial charge in [0.05, 0.1) is 0 Å². The summed E-state index contributed by atoms with van der Waals surface area (Å²) in [6, 6.07) is 0.991. The smallest absolute Gasteiger partial charge is 0.283 e. The van der Waals surface area contributed by atoms with Gasteiger partial charge in [-0.3, -0.25) is 0 Å². The van der Waals surface area contributed by atoms with Gasteiger partial charge in [-0.05, 0) is 0 Å². The van der Waals surface area contributed by atoms with Crippen LogP contribution in [0.2, 0.25) is 0 Å². The van der Waals surface area contributed by atoms with Crippen molar-refractivity contribution < 1.29 is 13.3 Å². The number of anilines is 1. The molecule has 0 bridgehead atoms. The normalized spacial score (nSPS) is 10.6. The average molecular weight is 134 g/mol. The molecule has 2 N–H and O–H groups in total. The summed E-state index contributed by atoms with van der Waals surface area (Å²) in [6.45, 7) is 0. The van der Waals surface area contributed by atoms with Gasteiger partial charge in [-0.1, -0.05) is 5.16 Å². The van der Waals surface area contributed by atoms with Gasteiger partial charge in [0.1, 0.15) is 0 Å². The second kappa shape index (κ2) is 2.00. The van der Waals surface area contributed by atoms with Crippen LogP contribution in [0.3, 0.4) is 0 Å². The van der Waals surface area contributed by atoms with Crippen LogP contribution in [-0.4, -0.2) is 5.16 Å². The number of aromatic nitrogens is 1. The predicted octanol–water partition coefficient (Wildman–Crippen LogP) is 1.19. The third-order valence-electron chi connectivity index (χ3n) is 0.770. The summed E-state index contributed by atoms with van der Waals surface area (Å²) in [5.41, 5.74) is 4.53. The SMILES string of the molecule is Nc1cc(C(F)F)no1. The lowest BCUT2D eigenvalue weighted by Crippen LogP contribution is -1.81. The first-order chi connectivity index (χ1) is 4.20. The number of alkyl halides is 2. The summed E-state index contributed by atoms with van der Waals surface area (Å²) in [6.07, 6.45) is -2.61. The third kappa shape index (κ3) is 1.16. The summed E-state index contributed by atoms with van der Waals surface area (Å²) in [4.78, 5) is 0. The van der Waals surface area contributed by atoms with Crippen LogP contribution < -0.4 is 5.73 Å². The van der Waals surface area contributed by atoms with Crippen molar-refractivity contribution in [1.82, 2.24) is 5.16 Å². The Balaban J connectivity index is 2.85. The van der Waals surface area contributed by atoms with E-state index in [0.717, 1.165) is 6.07 Å². The summed E-state index contributed by atoms with van der Waals surface area (Å²) in [5.74, 6) is -0.0923. The molecule has 1 aromatic heterocycles. The maximum Gasteiger partial charge on any atom is 0.283 e. The van der Waals surface area contributed by atoms with Crippen molar-refractivity contribution in [2.75, 3.05) is 5.73 Å². The monoisotopic (exact) mass is 134 g/mol. The molecule has 1 heterocycles. The highest BCUT2D eigenvalue weighted by molar-refractivity contribution is 5.24. The Morgan fingerprint density at radius 3 is 2.56 bits per heavy atom. The summed E-state index contributed by atoms with van der Waals surface area (Å²) in [7, 11) is 0. The van der Waals surface area contributed by atoms with Crippen molar-refractivity contribution in [3.8, 4) is 0 Å². The highest BCUT2D eigenvalue weighted by atomic mass is 19.3.